The number of hydrogen-bond donors (Lipinski definition) is 1. The first kappa shape index (κ1) is 11.9. The number of hydrogen-bond acceptors (Lipinski definition) is 3. The Kier molecular flexibility index (Phi) is 7.45. The lowest BCUT2D eigenvalue weighted by Crippen LogP contribution is -2.23. The summed E-state index contributed by atoms with van der Waals surface area (Å²) in [7, 11) is 0. The van der Waals surface area contributed by atoms with Gasteiger partial charge < -0.3 is 14.6 Å². The van der Waals surface area contributed by atoms with Crippen molar-refractivity contribution in [2.45, 2.75) is 33.5 Å². The standard InChI is InChI=1S/C9H20O3/c1-4-8(3)7-12-9(6-10)11-5-2/h8-10H,4-7H2,1-3H3. The average Bonchev–Trinajstić information content (AvgIpc) is 2.11. The molecular formula is C9H20O3. The second-order valence-electron chi connectivity index (χ2n) is 2.91. The van der Waals surface area contributed by atoms with E-state index in [1.54, 1.807) is 0 Å². The highest BCUT2D eigenvalue weighted by Gasteiger charge is 2.08. The molecule has 0 saturated carbocycles. The third kappa shape index (κ3) is 5.52. The highest BCUT2D eigenvalue weighted by Crippen LogP contribution is 2.03. The van der Waals surface area contributed by atoms with Crippen LogP contribution in [0.3, 0.4) is 0 Å². The molecule has 3 nitrogen and oxygen atoms in total. The zero-order valence-corrected chi connectivity index (χ0v) is 8.25. The smallest absolute Gasteiger partial charge is 0.180 e. The molecule has 0 aliphatic heterocycles. The van der Waals surface area contributed by atoms with Crippen molar-refractivity contribution in [3.63, 3.8) is 0 Å². The first-order valence-corrected chi connectivity index (χ1v) is 4.58. The maximum Gasteiger partial charge on any atom is 0.180 e. The molecule has 0 rings (SSSR count). The molecule has 2 atom stereocenters. The molecule has 0 fully saturated rings. The number of ether oxygens (including phenoxy) is 2. The normalized spacial score (nSPS) is 16.0. The highest BCUT2D eigenvalue weighted by atomic mass is 16.7. The van der Waals surface area contributed by atoms with Gasteiger partial charge in [-0.1, -0.05) is 20.3 Å². The molecule has 12 heavy (non-hydrogen) atoms. The molecule has 0 aliphatic rings. The molecule has 74 valence electrons. The van der Waals surface area contributed by atoms with Crippen molar-refractivity contribution in [1.82, 2.24) is 0 Å². The van der Waals surface area contributed by atoms with Crippen LogP contribution in [-0.2, 0) is 9.47 Å². The highest BCUT2D eigenvalue weighted by molar-refractivity contribution is 4.48. The molecule has 0 aromatic rings. The van der Waals surface area contributed by atoms with Crippen molar-refractivity contribution in [3.8, 4) is 0 Å². The Balaban J connectivity index is 3.43. The van der Waals surface area contributed by atoms with E-state index in [-0.39, 0.29) is 6.61 Å². The second kappa shape index (κ2) is 7.53. The molecule has 0 spiro atoms. The molecule has 3 heteroatoms. The lowest BCUT2D eigenvalue weighted by Gasteiger charge is -2.17. The minimum Gasteiger partial charge on any atom is -0.391 e. The summed E-state index contributed by atoms with van der Waals surface area (Å²) >= 11 is 0. The molecule has 0 aromatic heterocycles. The fraction of sp³-hybridized carbons (Fsp3) is 1.00. The van der Waals surface area contributed by atoms with E-state index in [0.717, 1.165) is 6.42 Å². The molecule has 0 saturated heterocycles. The van der Waals surface area contributed by atoms with Crippen LogP contribution in [0.25, 0.3) is 0 Å². The third-order valence-corrected chi connectivity index (χ3v) is 1.77. The van der Waals surface area contributed by atoms with Gasteiger partial charge in [0.15, 0.2) is 6.29 Å². The van der Waals surface area contributed by atoms with Crippen LogP contribution in [0.2, 0.25) is 0 Å². The largest absolute Gasteiger partial charge is 0.391 e. The van der Waals surface area contributed by atoms with E-state index < -0.39 is 6.29 Å². The summed E-state index contributed by atoms with van der Waals surface area (Å²) in [6, 6.07) is 0. The van der Waals surface area contributed by atoms with Crippen LogP contribution < -0.4 is 0 Å². The Morgan fingerprint density at radius 3 is 2.33 bits per heavy atom. The van der Waals surface area contributed by atoms with Crippen molar-refractivity contribution in [3.05, 3.63) is 0 Å². The van der Waals surface area contributed by atoms with Crippen LogP contribution in [0.1, 0.15) is 27.2 Å². The van der Waals surface area contributed by atoms with Gasteiger partial charge in [0, 0.05) is 6.61 Å². The Morgan fingerprint density at radius 2 is 1.92 bits per heavy atom. The van der Waals surface area contributed by atoms with Crippen LogP contribution in [0, 0.1) is 5.92 Å². The number of rotatable bonds is 7. The average molecular weight is 176 g/mol. The Morgan fingerprint density at radius 1 is 1.25 bits per heavy atom. The molecule has 0 aliphatic carbocycles. The van der Waals surface area contributed by atoms with E-state index in [9.17, 15) is 0 Å². The Hall–Kier alpha value is -0.120. The third-order valence-electron chi connectivity index (χ3n) is 1.77. The Bertz CT molecular complexity index is 95.8. The van der Waals surface area contributed by atoms with E-state index in [0.29, 0.717) is 19.1 Å². The van der Waals surface area contributed by atoms with Gasteiger partial charge in [-0.15, -0.1) is 0 Å². The predicted molar refractivity (Wildman–Crippen MR) is 47.9 cm³/mol. The van der Waals surface area contributed by atoms with E-state index in [1.807, 2.05) is 6.92 Å². The van der Waals surface area contributed by atoms with Gasteiger partial charge in [0.05, 0.1) is 13.2 Å². The van der Waals surface area contributed by atoms with Gasteiger partial charge in [0.1, 0.15) is 0 Å². The summed E-state index contributed by atoms with van der Waals surface area (Å²) < 4.78 is 10.4. The van der Waals surface area contributed by atoms with Crippen molar-refractivity contribution >= 4 is 0 Å². The summed E-state index contributed by atoms with van der Waals surface area (Å²) in [5.74, 6) is 0.527. The van der Waals surface area contributed by atoms with Crippen molar-refractivity contribution in [2.24, 2.45) is 5.92 Å². The minimum absolute atomic E-state index is 0.0652. The summed E-state index contributed by atoms with van der Waals surface area (Å²) in [6.45, 7) is 7.27. The lowest BCUT2D eigenvalue weighted by atomic mass is 10.1. The fourth-order valence-corrected chi connectivity index (χ4v) is 0.729. The number of aliphatic hydroxyl groups is 1. The summed E-state index contributed by atoms with van der Waals surface area (Å²) in [4.78, 5) is 0. The van der Waals surface area contributed by atoms with Crippen LogP contribution in [0.4, 0.5) is 0 Å². The van der Waals surface area contributed by atoms with Crippen LogP contribution in [0.15, 0.2) is 0 Å². The summed E-state index contributed by atoms with van der Waals surface area (Å²) in [5, 5.41) is 8.79. The molecule has 0 aromatic carbocycles. The van der Waals surface area contributed by atoms with Gasteiger partial charge in [-0.05, 0) is 12.8 Å². The summed E-state index contributed by atoms with van der Waals surface area (Å²) in [5.41, 5.74) is 0. The van der Waals surface area contributed by atoms with Crippen LogP contribution >= 0.6 is 0 Å². The molecule has 0 bridgehead atoms. The quantitative estimate of drug-likeness (QED) is 0.596. The van der Waals surface area contributed by atoms with Gasteiger partial charge in [0.25, 0.3) is 0 Å². The summed E-state index contributed by atoms with van der Waals surface area (Å²) in [6.07, 6.45) is 0.647. The SMILES string of the molecule is CCOC(CO)OCC(C)CC. The van der Waals surface area contributed by atoms with E-state index in [1.165, 1.54) is 0 Å². The molecule has 0 amide bonds. The van der Waals surface area contributed by atoms with Crippen molar-refractivity contribution in [1.29, 1.82) is 0 Å². The predicted octanol–water partition coefficient (Wildman–Crippen LogP) is 1.40. The molecule has 1 N–H and O–H groups in total. The van der Waals surface area contributed by atoms with Gasteiger partial charge in [0.2, 0.25) is 0 Å². The maximum absolute atomic E-state index is 8.79. The molecule has 0 heterocycles. The lowest BCUT2D eigenvalue weighted by molar-refractivity contribution is -0.165. The zero-order chi connectivity index (χ0) is 9.40. The first-order valence-electron chi connectivity index (χ1n) is 4.58. The van der Waals surface area contributed by atoms with E-state index >= 15 is 0 Å². The van der Waals surface area contributed by atoms with Crippen LogP contribution in [-0.4, -0.2) is 31.2 Å². The van der Waals surface area contributed by atoms with Gasteiger partial charge in [-0.25, -0.2) is 0 Å². The molecular weight excluding hydrogens is 156 g/mol. The van der Waals surface area contributed by atoms with E-state index in [4.69, 9.17) is 14.6 Å². The van der Waals surface area contributed by atoms with Crippen molar-refractivity contribution in [2.75, 3.05) is 19.8 Å². The van der Waals surface area contributed by atoms with Gasteiger partial charge in [-0.2, -0.15) is 0 Å². The molecule has 2 unspecified atom stereocenters. The van der Waals surface area contributed by atoms with Gasteiger partial charge in [-0.3, -0.25) is 0 Å². The Labute approximate surface area is 74.7 Å². The second-order valence-corrected chi connectivity index (χ2v) is 2.91. The topological polar surface area (TPSA) is 38.7 Å². The van der Waals surface area contributed by atoms with Crippen molar-refractivity contribution < 1.29 is 14.6 Å². The van der Waals surface area contributed by atoms with Crippen LogP contribution in [0.5, 0.6) is 0 Å². The fourth-order valence-electron chi connectivity index (χ4n) is 0.729. The zero-order valence-electron chi connectivity index (χ0n) is 8.25. The maximum atomic E-state index is 8.79. The van der Waals surface area contributed by atoms with Gasteiger partial charge >= 0.3 is 0 Å². The monoisotopic (exact) mass is 176 g/mol. The minimum atomic E-state index is -0.441. The number of aliphatic hydroxyl groups excluding tert-OH is 1. The molecule has 0 radical (unpaired) electrons. The first-order chi connectivity index (χ1) is 5.74. The van der Waals surface area contributed by atoms with E-state index in [2.05, 4.69) is 13.8 Å².